The van der Waals surface area contributed by atoms with Crippen LogP contribution in [0.25, 0.3) is 10.9 Å². The normalized spacial score (nSPS) is 15.9. The van der Waals surface area contributed by atoms with Crippen molar-refractivity contribution in [1.82, 2.24) is 10.3 Å². The van der Waals surface area contributed by atoms with Crippen LogP contribution < -0.4 is 15.1 Å². The SMILES string of the molecule is C=CCN(c1ccccc1)S(=O)(=O)c1ccc2[nH]cc(C(=O)NC[C@H]3CCCO3)c(=O)c2c1. The van der Waals surface area contributed by atoms with E-state index in [-0.39, 0.29) is 28.5 Å². The van der Waals surface area contributed by atoms with Crippen molar-refractivity contribution >= 4 is 32.5 Å². The van der Waals surface area contributed by atoms with Crippen molar-refractivity contribution in [3.8, 4) is 0 Å². The van der Waals surface area contributed by atoms with Crippen molar-refractivity contribution in [3.63, 3.8) is 0 Å². The number of benzene rings is 2. The fourth-order valence-corrected chi connectivity index (χ4v) is 5.28. The van der Waals surface area contributed by atoms with Crippen LogP contribution in [0.5, 0.6) is 0 Å². The Morgan fingerprint density at radius 2 is 2.03 bits per heavy atom. The lowest BCUT2D eigenvalue weighted by Crippen LogP contribution is -2.34. The molecule has 0 aliphatic carbocycles. The van der Waals surface area contributed by atoms with Gasteiger partial charge in [-0.15, -0.1) is 6.58 Å². The number of sulfonamides is 1. The molecule has 2 heterocycles. The average molecular weight is 468 g/mol. The second-order valence-corrected chi connectivity index (χ2v) is 9.61. The number of hydrogen-bond acceptors (Lipinski definition) is 5. The third kappa shape index (κ3) is 4.69. The highest BCUT2D eigenvalue weighted by Crippen LogP contribution is 2.25. The van der Waals surface area contributed by atoms with E-state index in [0.717, 1.165) is 12.8 Å². The molecule has 1 aliphatic heterocycles. The summed E-state index contributed by atoms with van der Waals surface area (Å²) in [5.74, 6) is -0.528. The molecular weight excluding hydrogens is 442 g/mol. The van der Waals surface area contributed by atoms with E-state index in [1.165, 1.54) is 34.8 Å². The maximum absolute atomic E-state index is 13.4. The Morgan fingerprint density at radius 1 is 1.24 bits per heavy atom. The lowest BCUT2D eigenvalue weighted by Gasteiger charge is -2.23. The number of aromatic nitrogens is 1. The summed E-state index contributed by atoms with van der Waals surface area (Å²) in [6, 6.07) is 12.9. The van der Waals surface area contributed by atoms with Crippen LogP contribution >= 0.6 is 0 Å². The molecule has 0 bridgehead atoms. The van der Waals surface area contributed by atoms with Gasteiger partial charge in [-0.05, 0) is 43.2 Å². The van der Waals surface area contributed by atoms with Crippen molar-refractivity contribution in [2.24, 2.45) is 0 Å². The molecule has 1 aromatic heterocycles. The molecule has 0 radical (unpaired) electrons. The first-order valence-electron chi connectivity index (χ1n) is 10.7. The first-order chi connectivity index (χ1) is 15.9. The Bertz CT molecular complexity index is 1330. The Hall–Kier alpha value is -3.43. The molecule has 1 fully saturated rings. The Balaban J connectivity index is 1.69. The average Bonchev–Trinajstić information content (AvgIpc) is 3.35. The summed E-state index contributed by atoms with van der Waals surface area (Å²) in [4.78, 5) is 28.5. The van der Waals surface area contributed by atoms with Crippen LogP contribution in [0.3, 0.4) is 0 Å². The topological polar surface area (TPSA) is 109 Å². The summed E-state index contributed by atoms with van der Waals surface area (Å²) in [5.41, 5.74) is 0.292. The molecule has 2 N–H and O–H groups in total. The van der Waals surface area contributed by atoms with Gasteiger partial charge in [-0.1, -0.05) is 24.3 Å². The smallest absolute Gasteiger partial charge is 0.264 e. The summed E-state index contributed by atoms with van der Waals surface area (Å²) in [6.07, 6.45) is 4.59. The molecule has 1 amide bonds. The molecule has 8 nitrogen and oxygen atoms in total. The molecule has 3 aromatic rings. The largest absolute Gasteiger partial charge is 0.376 e. The van der Waals surface area contributed by atoms with Crippen molar-refractivity contribution in [2.45, 2.75) is 23.8 Å². The van der Waals surface area contributed by atoms with Gasteiger partial charge in [0.2, 0.25) is 5.43 Å². The van der Waals surface area contributed by atoms with E-state index in [1.807, 2.05) is 0 Å². The summed E-state index contributed by atoms with van der Waals surface area (Å²) < 4.78 is 33.5. The Kier molecular flexibility index (Phi) is 6.62. The number of fused-ring (bicyclic) bond motifs is 1. The van der Waals surface area contributed by atoms with E-state index >= 15 is 0 Å². The number of H-pyrrole nitrogens is 1. The molecule has 2 aromatic carbocycles. The van der Waals surface area contributed by atoms with Crippen LogP contribution in [0.15, 0.2) is 77.1 Å². The van der Waals surface area contributed by atoms with Gasteiger partial charge in [-0.25, -0.2) is 8.42 Å². The number of pyridine rings is 1. The maximum atomic E-state index is 13.4. The first kappa shape index (κ1) is 22.8. The van der Waals surface area contributed by atoms with Crippen molar-refractivity contribution in [2.75, 3.05) is 24.0 Å². The zero-order chi connectivity index (χ0) is 23.4. The third-order valence-corrected chi connectivity index (χ3v) is 7.33. The van der Waals surface area contributed by atoms with Gasteiger partial charge in [0.05, 0.1) is 23.2 Å². The van der Waals surface area contributed by atoms with E-state index < -0.39 is 21.4 Å². The number of para-hydroxylation sites is 1. The maximum Gasteiger partial charge on any atom is 0.264 e. The van der Waals surface area contributed by atoms with Gasteiger partial charge in [0.15, 0.2) is 0 Å². The molecule has 172 valence electrons. The highest BCUT2D eigenvalue weighted by atomic mass is 32.2. The highest BCUT2D eigenvalue weighted by Gasteiger charge is 2.25. The molecule has 1 atom stereocenters. The molecule has 33 heavy (non-hydrogen) atoms. The molecule has 1 saturated heterocycles. The molecule has 0 spiro atoms. The lowest BCUT2D eigenvalue weighted by molar-refractivity contribution is 0.0857. The number of hydrogen-bond donors (Lipinski definition) is 2. The van der Waals surface area contributed by atoms with E-state index in [0.29, 0.717) is 24.4 Å². The van der Waals surface area contributed by atoms with Crippen molar-refractivity contribution in [1.29, 1.82) is 0 Å². The number of carbonyl (C=O) groups excluding carboxylic acids is 1. The quantitative estimate of drug-likeness (QED) is 0.495. The Labute approximate surface area is 191 Å². The minimum atomic E-state index is -3.99. The predicted molar refractivity (Wildman–Crippen MR) is 127 cm³/mol. The van der Waals surface area contributed by atoms with E-state index in [2.05, 4.69) is 16.9 Å². The summed E-state index contributed by atoms with van der Waals surface area (Å²) in [7, 11) is -3.99. The number of aromatic amines is 1. The van der Waals surface area contributed by atoms with Crippen LogP contribution in [0, 0.1) is 0 Å². The van der Waals surface area contributed by atoms with Crippen molar-refractivity contribution in [3.05, 3.63) is 83.2 Å². The summed E-state index contributed by atoms with van der Waals surface area (Å²) in [5, 5.41) is 2.84. The van der Waals surface area contributed by atoms with Gasteiger partial charge in [-0.2, -0.15) is 0 Å². The van der Waals surface area contributed by atoms with Gasteiger partial charge < -0.3 is 15.0 Å². The highest BCUT2D eigenvalue weighted by molar-refractivity contribution is 7.92. The molecular formula is C24H25N3O5S. The van der Waals surface area contributed by atoms with E-state index in [4.69, 9.17) is 4.74 Å². The lowest BCUT2D eigenvalue weighted by atomic mass is 10.1. The van der Waals surface area contributed by atoms with Gasteiger partial charge in [0.25, 0.3) is 15.9 Å². The van der Waals surface area contributed by atoms with Crippen LogP contribution in [-0.4, -0.2) is 45.1 Å². The van der Waals surface area contributed by atoms with Gasteiger partial charge in [0, 0.05) is 30.3 Å². The van der Waals surface area contributed by atoms with Crippen LogP contribution in [-0.2, 0) is 14.8 Å². The fourth-order valence-electron chi connectivity index (χ4n) is 3.81. The zero-order valence-electron chi connectivity index (χ0n) is 18.0. The molecule has 1 aliphatic rings. The van der Waals surface area contributed by atoms with Crippen LogP contribution in [0.1, 0.15) is 23.2 Å². The number of amides is 1. The number of nitrogens with zero attached hydrogens (tertiary/aromatic N) is 1. The fraction of sp³-hybridized carbons (Fsp3) is 0.250. The van der Waals surface area contributed by atoms with Gasteiger partial charge >= 0.3 is 0 Å². The second-order valence-electron chi connectivity index (χ2n) is 7.74. The number of carbonyl (C=O) groups is 1. The minimum absolute atomic E-state index is 0.0527. The predicted octanol–water partition coefficient (Wildman–Crippen LogP) is 2.82. The van der Waals surface area contributed by atoms with Gasteiger partial charge in [-0.3, -0.25) is 13.9 Å². The molecule has 4 rings (SSSR count). The number of ether oxygens (including phenoxy) is 1. The third-order valence-electron chi connectivity index (χ3n) is 5.54. The summed E-state index contributed by atoms with van der Waals surface area (Å²) >= 11 is 0. The molecule has 0 unspecified atom stereocenters. The number of nitrogens with one attached hydrogen (secondary N) is 2. The van der Waals surface area contributed by atoms with E-state index in [1.54, 1.807) is 30.3 Å². The first-order valence-corrected chi connectivity index (χ1v) is 12.1. The van der Waals surface area contributed by atoms with Gasteiger partial charge in [0.1, 0.15) is 5.56 Å². The standard InChI is InChI=1S/C24H25N3O5S/c1-2-12-27(17-7-4-3-5-8-17)33(30,31)19-10-11-22-20(14-19)23(28)21(16-25-22)24(29)26-15-18-9-6-13-32-18/h2-5,7-8,10-11,14,16,18H,1,6,9,12-13,15H2,(H,25,28)(H,26,29)/t18-/m1/s1. The molecule has 9 heteroatoms. The zero-order valence-corrected chi connectivity index (χ0v) is 18.8. The van der Waals surface area contributed by atoms with E-state index in [9.17, 15) is 18.0 Å². The van der Waals surface area contributed by atoms with Crippen molar-refractivity contribution < 1.29 is 17.9 Å². The number of rotatable bonds is 8. The summed E-state index contributed by atoms with van der Waals surface area (Å²) in [6.45, 7) is 4.71. The van der Waals surface area contributed by atoms with Crippen LogP contribution in [0.2, 0.25) is 0 Å². The Morgan fingerprint density at radius 3 is 2.73 bits per heavy atom. The number of anilines is 1. The monoisotopic (exact) mass is 467 g/mol. The minimum Gasteiger partial charge on any atom is -0.376 e. The second kappa shape index (κ2) is 9.60. The van der Waals surface area contributed by atoms with Crippen LogP contribution in [0.4, 0.5) is 5.69 Å². The molecule has 0 saturated carbocycles.